The zero-order valence-corrected chi connectivity index (χ0v) is 16.6. The van der Waals surface area contributed by atoms with Crippen LogP contribution in [0.25, 0.3) is 0 Å². The molecule has 3 rings (SSSR count). The third-order valence-electron chi connectivity index (χ3n) is 5.17. The molecule has 0 aliphatic rings. The fourth-order valence-corrected chi connectivity index (χ4v) is 3.59. The number of nitrogens with one attached hydrogen (secondary N) is 1. The molecular formula is C25H27NO2. The first kappa shape index (κ1) is 19.8. The van der Waals surface area contributed by atoms with Crippen molar-refractivity contribution in [2.24, 2.45) is 5.41 Å². The van der Waals surface area contributed by atoms with E-state index in [4.69, 9.17) is 4.74 Å². The van der Waals surface area contributed by atoms with Gasteiger partial charge in [0.1, 0.15) is 0 Å². The molecule has 0 saturated heterocycles. The minimum Gasteiger partial charge on any atom is -0.469 e. The summed E-state index contributed by atoms with van der Waals surface area (Å²) in [6, 6.07) is 30.4. The van der Waals surface area contributed by atoms with Crippen molar-refractivity contribution in [3.8, 4) is 0 Å². The zero-order chi connectivity index (χ0) is 20.0. The van der Waals surface area contributed by atoms with Gasteiger partial charge in [-0.2, -0.15) is 0 Å². The third kappa shape index (κ3) is 4.32. The van der Waals surface area contributed by atoms with Crippen LogP contribution in [0, 0.1) is 5.41 Å². The van der Waals surface area contributed by atoms with Gasteiger partial charge in [-0.25, -0.2) is 0 Å². The lowest BCUT2D eigenvalue weighted by Gasteiger charge is -2.36. The van der Waals surface area contributed by atoms with Crippen LogP contribution in [-0.2, 0) is 9.53 Å². The highest BCUT2D eigenvalue weighted by Gasteiger charge is 2.40. The maximum atomic E-state index is 12.6. The maximum Gasteiger partial charge on any atom is 0.313 e. The van der Waals surface area contributed by atoms with E-state index in [0.29, 0.717) is 0 Å². The first-order valence-corrected chi connectivity index (χ1v) is 9.53. The van der Waals surface area contributed by atoms with Gasteiger partial charge in [0.05, 0.1) is 18.6 Å². The number of methoxy groups -OCH3 is 1. The summed E-state index contributed by atoms with van der Waals surface area (Å²) >= 11 is 0. The third-order valence-corrected chi connectivity index (χ3v) is 5.17. The van der Waals surface area contributed by atoms with Crippen LogP contribution in [0.2, 0.25) is 0 Å². The van der Waals surface area contributed by atoms with E-state index in [1.165, 1.54) is 7.11 Å². The number of carbonyl (C=O) groups excluding carboxylic acids is 1. The molecule has 144 valence electrons. The molecule has 0 aliphatic carbocycles. The summed E-state index contributed by atoms with van der Waals surface area (Å²) in [7, 11) is 1.44. The van der Waals surface area contributed by atoms with Gasteiger partial charge < -0.3 is 4.74 Å². The summed E-state index contributed by atoms with van der Waals surface area (Å²) in [6.45, 7) is 3.85. The molecule has 0 fully saturated rings. The average Bonchev–Trinajstić information content (AvgIpc) is 2.75. The quantitative estimate of drug-likeness (QED) is 0.571. The molecule has 0 aromatic heterocycles. The second-order valence-electron chi connectivity index (χ2n) is 7.48. The molecule has 1 atom stereocenters. The van der Waals surface area contributed by atoms with Crippen molar-refractivity contribution in [1.82, 2.24) is 5.32 Å². The molecule has 3 nitrogen and oxygen atoms in total. The Bertz CT molecular complexity index is 837. The molecule has 0 unspecified atom stereocenters. The van der Waals surface area contributed by atoms with E-state index in [1.54, 1.807) is 0 Å². The van der Waals surface area contributed by atoms with Crippen LogP contribution in [0.3, 0.4) is 0 Å². The van der Waals surface area contributed by atoms with Gasteiger partial charge in [0, 0.05) is 6.04 Å². The van der Waals surface area contributed by atoms with E-state index < -0.39 is 5.41 Å². The van der Waals surface area contributed by atoms with Crippen LogP contribution in [-0.4, -0.2) is 13.1 Å². The molecule has 0 spiro atoms. The lowest BCUT2D eigenvalue weighted by atomic mass is 9.79. The minimum absolute atomic E-state index is 0.0588. The summed E-state index contributed by atoms with van der Waals surface area (Å²) in [4.78, 5) is 12.6. The molecule has 0 saturated carbocycles. The van der Waals surface area contributed by atoms with Crippen molar-refractivity contribution in [3.63, 3.8) is 0 Å². The summed E-state index contributed by atoms with van der Waals surface area (Å²) in [6.07, 6.45) is 0. The van der Waals surface area contributed by atoms with Gasteiger partial charge >= 0.3 is 5.97 Å². The predicted molar refractivity (Wildman–Crippen MR) is 113 cm³/mol. The maximum absolute atomic E-state index is 12.6. The highest BCUT2D eigenvalue weighted by Crippen LogP contribution is 2.38. The van der Waals surface area contributed by atoms with Gasteiger partial charge in [-0.05, 0) is 30.5 Å². The summed E-state index contributed by atoms with van der Waals surface area (Å²) < 4.78 is 5.13. The van der Waals surface area contributed by atoms with Crippen molar-refractivity contribution < 1.29 is 9.53 Å². The van der Waals surface area contributed by atoms with E-state index in [1.807, 2.05) is 68.4 Å². The van der Waals surface area contributed by atoms with E-state index in [2.05, 4.69) is 41.7 Å². The molecule has 0 amide bonds. The molecule has 0 radical (unpaired) electrons. The first-order chi connectivity index (χ1) is 13.5. The highest BCUT2D eigenvalue weighted by atomic mass is 16.5. The Hall–Kier alpha value is -2.91. The smallest absolute Gasteiger partial charge is 0.313 e. The van der Waals surface area contributed by atoms with Crippen LogP contribution in [0.15, 0.2) is 91.0 Å². The van der Waals surface area contributed by atoms with Gasteiger partial charge in [0.15, 0.2) is 0 Å². The highest BCUT2D eigenvalue weighted by molar-refractivity contribution is 5.77. The second kappa shape index (κ2) is 8.85. The molecule has 1 N–H and O–H groups in total. The van der Waals surface area contributed by atoms with Crippen molar-refractivity contribution in [1.29, 1.82) is 0 Å². The van der Waals surface area contributed by atoms with Crippen molar-refractivity contribution in [2.45, 2.75) is 25.9 Å². The topological polar surface area (TPSA) is 38.3 Å². The van der Waals surface area contributed by atoms with Crippen LogP contribution in [0.5, 0.6) is 0 Å². The molecule has 0 aliphatic heterocycles. The van der Waals surface area contributed by atoms with Gasteiger partial charge in [-0.1, -0.05) is 91.0 Å². The van der Waals surface area contributed by atoms with E-state index >= 15 is 0 Å². The van der Waals surface area contributed by atoms with Crippen molar-refractivity contribution >= 4 is 5.97 Å². The largest absolute Gasteiger partial charge is 0.469 e. The predicted octanol–water partition coefficient (Wildman–Crippen LogP) is 5.31. The summed E-state index contributed by atoms with van der Waals surface area (Å²) in [5, 5.41) is 3.76. The number of hydrogen-bond acceptors (Lipinski definition) is 3. The van der Waals surface area contributed by atoms with Gasteiger partial charge in [-0.3, -0.25) is 10.1 Å². The second-order valence-corrected chi connectivity index (χ2v) is 7.48. The Labute approximate surface area is 167 Å². The van der Waals surface area contributed by atoms with E-state index in [9.17, 15) is 4.79 Å². The molecule has 3 heteroatoms. The number of benzene rings is 3. The molecule has 28 heavy (non-hydrogen) atoms. The molecular weight excluding hydrogens is 346 g/mol. The lowest BCUT2D eigenvalue weighted by molar-refractivity contribution is -0.152. The van der Waals surface area contributed by atoms with Gasteiger partial charge in [0.2, 0.25) is 0 Å². The standard InChI is InChI=1S/C25H27NO2/c1-25(2,24(27)28-3)23(21-17-11-6-12-18-21)26-22(19-13-7-4-8-14-19)20-15-9-5-10-16-20/h4-18,22-23,26H,1-3H3/t23-/m0/s1. The monoisotopic (exact) mass is 373 g/mol. The number of rotatable bonds is 7. The number of esters is 1. The normalized spacial score (nSPS) is 12.6. The van der Waals surface area contributed by atoms with Crippen LogP contribution >= 0.6 is 0 Å². The lowest BCUT2D eigenvalue weighted by Crippen LogP contribution is -2.42. The first-order valence-electron chi connectivity index (χ1n) is 9.53. The molecule has 0 bridgehead atoms. The summed E-state index contributed by atoms with van der Waals surface area (Å²) in [5.41, 5.74) is 2.60. The molecule has 0 heterocycles. The zero-order valence-electron chi connectivity index (χ0n) is 16.6. The fraction of sp³-hybridized carbons (Fsp3) is 0.240. The SMILES string of the molecule is COC(=O)C(C)(C)[C@@H](NC(c1ccccc1)c1ccccc1)c1ccccc1. The van der Waals surface area contributed by atoms with Crippen LogP contribution in [0.4, 0.5) is 0 Å². The van der Waals surface area contributed by atoms with E-state index in [-0.39, 0.29) is 18.1 Å². The molecule has 3 aromatic carbocycles. The Kier molecular flexibility index (Phi) is 6.27. The number of hydrogen-bond donors (Lipinski definition) is 1. The number of carbonyl (C=O) groups is 1. The minimum atomic E-state index is -0.752. The fourth-order valence-electron chi connectivity index (χ4n) is 3.59. The van der Waals surface area contributed by atoms with Gasteiger partial charge in [-0.15, -0.1) is 0 Å². The van der Waals surface area contributed by atoms with Gasteiger partial charge in [0.25, 0.3) is 0 Å². The Balaban J connectivity index is 2.07. The van der Waals surface area contributed by atoms with Crippen LogP contribution < -0.4 is 5.32 Å². The van der Waals surface area contributed by atoms with Crippen molar-refractivity contribution in [2.75, 3.05) is 7.11 Å². The Morgan fingerprint density at radius 3 is 1.54 bits per heavy atom. The average molecular weight is 373 g/mol. The Morgan fingerprint density at radius 1 is 0.750 bits per heavy atom. The van der Waals surface area contributed by atoms with Crippen LogP contribution in [0.1, 0.15) is 42.6 Å². The summed E-state index contributed by atoms with van der Waals surface area (Å²) in [5.74, 6) is -0.242. The molecule has 3 aromatic rings. The number of ether oxygens (including phenoxy) is 1. The van der Waals surface area contributed by atoms with Crippen molar-refractivity contribution in [3.05, 3.63) is 108 Å². The van der Waals surface area contributed by atoms with E-state index in [0.717, 1.165) is 16.7 Å². The Morgan fingerprint density at radius 2 is 1.14 bits per heavy atom.